The highest BCUT2D eigenvalue weighted by atomic mass is 19.1. The van der Waals surface area contributed by atoms with Crippen LogP contribution in [-0.2, 0) is 6.54 Å². The zero-order chi connectivity index (χ0) is 29.3. The SMILES string of the molecule is CN(C)CCNc1cc(F)cc(-c2cncc3[nH]c(-c4n[nH]c5ccc(-c6cncc(CN7CCCC7)c6)cc45)cc23)c1. The first-order chi connectivity index (χ1) is 21.0. The molecule has 0 radical (unpaired) electrons. The number of aromatic nitrogens is 5. The van der Waals surface area contributed by atoms with Crippen molar-refractivity contribution in [2.45, 2.75) is 19.4 Å². The quantitative estimate of drug-likeness (QED) is 0.182. The second-order valence-corrected chi connectivity index (χ2v) is 11.7. The van der Waals surface area contributed by atoms with Gasteiger partial charge in [-0.3, -0.25) is 20.0 Å². The first-order valence-electron chi connectivity index (χ1n) is 14.8. The van der Waals surface area contributed by atoms with Crippen LogP contribution in [0.1, 0.15) is 18.4 Å². The molecular weight excluding hydrogens is 539 g/mol. The average molecular weight is 575 g/mol. The lowest BCUT2D eigenvalue weighted by atomic mass is 10.0. The maximum atomic E-state index is 14.7. The van der Waals surface area contributed by atoms with E-state index in [2.05, 4.69) is 70.6 Å². The molecule has 9 heteroatoms. The molecule has 3 N–H and O–H groups in total. The maximum absolute atomic E-state index is 14.7. The molecule has 0 amide bonds. The molecule has 5 heterocycles. The number of H-pyrrole nitrogens is 2. The standard InChI is InChI=1S/C34H35FN8/c1-42(2)10-7-38-27-13-24(12-26(35)15-27)30-19-37-20-33-28(30)16-32(39-33)34-29-14-23(5-6-31(29)40-41-34)25-11-22(17-36-18-25)21-43-8-3-4-9-43/h5-6,11-20,38-39H,3-4,7-10,21H2,1-2H3,(H,40,41). The fourth-order valence-electron chi connectivity index (χ4n) is 6.01. The molecule has 43 heavy (non-hydrogen) atoms. The van der Waals surface area contributed by atoms with Crippen molar-refractivity contribution in [2.24, 2.45) is 0 Å². The summed E-state index contributed by atoms with van der Waals surface area (Å²) in [5.74, 6) is -0.289. The fourth-order valence-corrected chi connectivity index (χ4v) is 6.01. The molecule has 0 spiro atoms. The van der Waals surface area contributed by atoms with E-state index in [0.717, 1.165) is 93.9 Å². The summed E-state index contributed by atoms with van der Waals surface area (Å²) in [7, 11) is 4.03. The highest BCUT2D eigenvalue weighted by Gasteiger charge is 2.16. The Labute approximate surface area is 250 Å². The van der Waals surface area contributed by atoms with Gasteiger partial charge in [0.05, 0.1) is 22.9 Å². The van der Waals surface area contributed by atoms with E-state index in [1.165, 1.54) is 24.5 Å². The molecule has 1 aliphatic heterocycles. The number of halogens is 1. The minimum Gasteiger partial charge on any atom is -0.384 e. The van der Waals surface area contributed by atoms with Gasteiger partial charge in [0, 0.05) is 65.8 Å². The number of likely N-dealkylation sites (tertiary alicyclic amines) is 1. The number of hydrogen-bond donors (Lipinski definition) is 3. The van der Waals surface area contributed by atoms with Gasteiger partial charge in [0.25, 0.3) is 0 Å². The molecule has 8 nitrogen and oxygen atoms in total. The van der Waals surface area contributed by atoms with Crippen LogP contribution in [0.25, 0.3) is 55.4 Å². The monoisotopic (exact) mass is 574 g/mol. The summed E-state index contributed by atoms with van der Waals surface area (Å²) in [6, 6.07) is 15.7. The van der Waals surface area contributed by atoms with Crippen molar-refractivity contribution < 1.29 is 4.39 Å². The predicted molar refractivity (Wildman–Crippen MR) is 171 cm³/mol. The second kappa shape index (κ2) is 11.6. The van der Waals surface area contributed by atoms with E-state index in [1.54, 1.807) is 18.5 Å². The third-order valence-corrected chi connectivity index (χ3v) is 8.19. The second-order valence-electron chi connectivity index (χ2n) is 11.7. The minimum absolute atomic E-state index is 0.289. The normalized spacial score (nSPS) is 14.0. The largest absolute Gasteiger partial charge is 0.384 e. The Bertz CT molecular complexity index is 1900. The van der Waals surface area contributed by atoms with E-state index >= 15 is 0 Å². The van der Waals surface area contributed by atoms with Gasteiger partial charge < -0.3 is 15.2 Å². The molecule has 0 saturated carbocycles. The molecule has 1 fully saturated rings. The van der Waals surface area contributed by atoms with E-state index in [1.807, 2.05) is 32.6 Å². The number of likely N-dealkylation sites (N-methyl/N-ethyl adjacent to an activating group) is 1. The van der Waals surface area contributed by atoms with Gasteiger partial charge in [-0.2, -0.15) is 5.10 Å². The molecule has 7 rings (SSSR count). The fraction of sp³-hybridized carbons (Fsp3) is 0.265. The van der Waals surface area contributed by atoms with Gasteiger partial charge >= 0.3 is 0 Å². The van der Waals surface area contributed by atoms with E-state index in [4.69, 9.17) is 0 Å². The lowest BCUT2D eigenvalue weighted by molar-refractivity contribution is 0.331. The summed E-state index contributed by atoms with van der Waals surface area (Å²) in [5.41, 5.74) is 9.31. The molecule has 0 aliphatic carbocycles. The number of pyridine rings is 2. The van der Waals surface area contributed by atoms with Crippen molar-refractivity contribution in [3.63, 3.8) is 0 Å². The number of nitrogens with zero attached hydrogens (tertiary/aromatic N) is 5. The molecule has 0 atom stereocenters. The van der Waals surface area contributed by atoms with Crippen LogP contribution in [-0.4, -0.2) is 75.2 Å². The van der Waals surface area contributed by atoms with E-state index in [-0.39, 0.29) is 5.82 Å². The highest BCUT2D eigenvalue weighted by molar-refractivity contribution is 6.01. The summed E-state index contributed by atoms with van der Waals surface area (Å²) in [4.78, 5) is 17.1. The van der Waals surface area contributed by atoms with Crippen LogP contribution in [0.15, 0.2) is 73.3 Å². The zero-order valence-corrected chi connectivity index (χ0v) is 24.5. The van der Waals surface area contributed by atoms with Crippen LogP contribution in [0, 0.1) is 5.82 Å². The molecular formula is C34H35FN8. The summed E-state index contributed by atoms with van der Waals surface area (Å²) in [6.07, 6.45) is 10.0. The van der Waals surface area contributed by atoms with Crippen LogP contribution in [0.4, 0.5) is 10.1 Å². The molecule has 1 saturated heterocycles. The number of benzene rings is 2. The third-order valence-electron chi connectivity index (χ3n) is 8.19. The van der Waals surface area contributed by atoms with Crippen LogP contribution < -0.4 is 5.32 Å². The van der Waals surface area contributed by atoms with Gasteiger partial charge in [0.2, 0.25) is 0 Å². The Morgan fingerprint density at radius 3 is 2.58 bits per heavy atom. The van der Waals surface area contributed by atoms with Crippen molar-refractivity contribution in [1.82, 2.24) is 34.9 Å². The highest BCUT2D eigenvalue weighted by Crippen LogP contribution is 2.36. The summed E-state index contributed by atoms with van der Waals surface area (Å²) < 4.78 is 14.7. The third kappa shape index (κ3) is 5.74. The summed E-state index contributed by atoms with van der Waals surface area (Å²) >= 11 is 0. The molecule has 0 bridgehead atoms. The van der Waals surface area contributed by atoms with Gasteiger partial charge in [-0.25, -0.2) is 4.39 Å². The molecule has 4 aromatic heterocycles. The number of fused-ring (bicyclic) bond motifs is 2. The number of rotatable bonds is 9. The van der Waals surface area contributed by atoms with Gasteiger partial charge in [0.1, 0.15) is 11.5 Å². The van der Waals surface area contributed by atoms with Gasteiger partial charge in [-0.05, 0) is 99.2 Å². The first-order valence-corrected chi connectivity index (χ1v) is 14.8. The minimum atomic E-state index is -0.289. The summed E-state index contributed by atoms with van der Waals surface area (Å²) in [6.45, 7) is 4.82. The van der Waals surface area contributed by atoms with Crippen molar-refractivity contribution in [3.05, 3.63) is 84.7 Å². The lowest BCUT2D eigenvalue weighted by Gasteiger charge is -2.14. The van der Waals surface area contributed by atoms with Crippen LogP contribution in [0.3, 0.4) is 0 Å². The molecule has 218 valence electrons. The van der Waals surface area contributed by atoms with Crippen molar-refractivity contribution in [3.8, 4) is 33.6 Å². The van der Waals surface area contributed by atoms with Crippen LogP contribution in [0.2, 0.25) is 0 Å². The Hall–Kier alpha value is -4.60. The lowest BCUT2D eigenvalue weighted by Crippen LogP contribution is -2.20. The van der Waals surface area contributed by atoms with Gasteiger partial charge in [-0.1, -0.05) is 6.07 Å². The Kier molecular flexibility index (Phi) is 7.34. The smallest absolute Gasteiger partial charge is 0.125 e. The number of aromatic amines is 2. The number of hydrogen-bond acceptors (Lipinski definition) is 6. The Morgan fingerprint density at radius 1 is 0.860 bits per heavy atom. The Balaban J connectivity index is 1.22. The molecule has 6 aromatic rings. The zero-order valence-electron chi connectivity index (χ0n) is 24.5. The van der Waals surface area contributed by atoms with Gasteiger partial charge in [-0.15, -0.1) is 0 Å². The van der Waals surface area contributed by atoms with E-state index in [0.29, 0.717) is 0 Å². The number of nitrogens with one attached hydrogen (secondary N) is 3. The molecule has 1 aliphatic rings. The average Bonchev–Trinajstić information content (AvgIpc) is 3.76. The van der Waals surface area contributed by atoms with Crippen molar-refractivity contribution >= 4 is 27.5 Å². The predicted octanol–water partition coefficient (Wildman–Crippen LogP) is 6.54. The maximum Gasteiger partial charge on any atom is 0.125 e. The van der Waals surface area contributed by atoms with Crippen LogP contribution in [0.5, 0.6) is 0 Å². The van der Waals surface area contributed by atoms with E-state index < -0.39 is 0 Å². The number of anilines is 1. The van der Waals surface area contributed by atoms with Crippen molar-refractivity contribution in [2.75, 3.05) is 45.6 Å². The summed E-state index contributed by atoms with van der Waals surface area (Å²) in [5, 5.41) is 13.2. The molecule has 2 aromatic carbocycles. The van der Waals surface area contributed by atoms with Gasteiger partial charge in [0.15, 0.2) is 0 Å². The van der Waals surface area contributed by atoms with Crippen LogP contribution >= 0.6 is 0 Å². The molecule has 0 unspecified atom stereocenters. The topological polar surface area (TPSA) is 88.8 Å². The van der Waals surface area contributed by atoms with E-state index in [9.17, 15) is 4.39 Å². The Morgan fingerprint density at radius 2 is 1.72 bits per heavy atom. The first kappa shape index (κ1) is 27.2. The van der Waals surface area contributed by atoms with Crippen molar-refractivity contribution in [1.29, 1.82) is 0 Å².